The molecule has 0 saturated carbocycles. The molecule has 6 heteroatoms. The van der Waals surface area contributed by atoms with Gasteiger partial charge in [0.25, 0.3) is 0 Å². The van der Waals surface area contributed by atoms with Crippen molar-refractivity contribution in [3.8, 4) is 0 Å². The first-order valence-corrected chi connectivity index (χ1v) is 4.80. The van der Waals surface area contributed by atoms with E-state index < -0.39 is 35.9 Å². The topological polar surface area (TPSA) is 37.3 Å². The smallest absolute Gasteiger partial charge is 0.416 e. The van der Waals surface area contributed by atoms with E-state index in [1.807, 2.05) is 0 Å². The fourth-order valence-electron chi connectivity index (χ4n) is 1.47. The van der Waals surface area contributed by atoms with Crippen molar-refractivity contribution in [3.05, 3.63) is 35.1 Å². The third-order valence-corrected chi connectivity index (χ3v) is 2.34. The van der Waals surface area contributed by atoms with Crippen LogP contribution in [0.1, 0.15) is 30.4 Å². The van der Waals surface area contributed by atoms with Gasteiger partial charge in [-0.25, -0.2) is 4.39 Å². The Morgan fingerprint density at radius 2 is 2.00 bits per heavy atom. The van der Waals surface area contributed by atoms with E-state index in [9.17, 15) is 22.4 Å². The fraction of sp³-hybridized carbons (Fsp3) is 0.364. The van der Waals surface area contributed by atoms with Gasteiger partial charge in [0, 0.05) is 0 Å². The predicted molar refractivity (Wildman–Crippen MR) is 52.1 cm³/mol. The number of carbonyl (C=O) groups is 1. The molecule has 0 aliphatic heterocycles. The summed E-state index contributed by atoms with van der Waals surface area (Å²) in [6.07, 6.45) is -4.98. The van der Waals surface area contributed by atoms with E-state index in [1.54, 1.807) is 0 Å². The molecule has 2 nitrogen and oxygen atoms in total. The lowest BCUT2D eigenvalue weighted by molar-refractivity contribution is -0.138. The largest absolute Gasteiger partial charge is 0.481 e. The van der Waals surface area contributed by atoms with Crippen LogP contribution in [0.25, 0.3) is 0 Å². The Balaban J connectivity index is 3.10. The van der Waals surface area contributed by atoms with Gasteiger partial charge < -0.3 is 5.11 Å². The second-order valence-corrected chi connectivity index (χ2v) is 3.73. The van der Waals surface area contributed by atoms with Gasteiger partial charge in [0.1, 0.15) is 5.82 Å². The second kappa shape index (κ2) is 4.73. The molecule has 1 aromatic rings. The number of alkyl halides is 3. The number of benzene rings is 1. The molecule has 0 saturated heterocycles. The van der Waals surface area contributed by atoms with Crippen LogP contribution < -0.4 is 0 Å². The minimum atomic E-state index is -4.56. The van der Waals surface area contributed by atoms with Crippen molar-refractivity contribution >= 4 is 5.97 Å². The Hall–Kier alpha value is -1.59. The Labute approximate surface area is 94.9 Å². The maximum absolute atomic E-state index is 13.3. The highest BCUT2D eigenvalue weighted by molar-refractivity contribution is 5.68. The van der Waals surface area contributed by atoms with E-state index in [2.05, 4.69) is 0 Å². The zero-order chi connectivity index (χ0) is 13.2. The van der Waals surface area contributed by atoms with Crippen molar-refractivity contribution in [3.63, 3.8) is 0 Å². The highest BCUT2D eigenvalue weighted by atomic mass is 19.4. The molecule has 0 aliphatic carbocycles. The van der Waals surface area contributed by atoms with Crippen molar-refractivity contribution < 1.29 is 27.5 Å². The van der Waals surface area contributed by atoms with Crippen molar-refractivity contribution in [1.82, 2.24) is 0 Å². The molecule has 1 aromatic carbocycles. The van der Waals surface area contributed by atoms with Crippen LogP contribution in [-0.4, -0.2) is 11.1 Å². The molecular weight excluding hydrogens is 240 g/mol. The lowest BCUT2D eigenvalue weighted by Gasteiger charge is -2.13. The molecule has 1 rings (SSSR count). The van der Waals surface area contributed by atoms with Gasteiger partial charge in [-0.05, 0) is 29.7 Å². The van der Waals surface area contributed by atoms with Crippen LogP contribution >= 0.6 is 0 Å². The van der Waals surface area contributed by atoms with Crippen LogP contribution in [0.3, 0.4) is 0 Å². The molecule has 1 atom stereocenters. The first-order valence-electron chi connectivity index (χ1n) is 4.80. The summed E-state index contributed by atoms with van der Waals surface area (Å²) in [5.41, 5.74) is -1.21. The Kier molecular flexibility index (Phi) is 3.75. The summed E-state index contributed by atoms with van der Waals surface area (Å²) in [4.78, 5) is 10.4. The van der Waals surface area contributed by atoms with Crippen LogP contribution in [0.4, 0.5) is 17.6 Å². The average molecular weight is 250 g/mol. The first-order chi connectivity index (χ1) is 7.71. The molecule has 0 aromatic heterocycles. The van der Waals surface area contributed by atoms with Crippen LogP contribution in [-0.2, 0) is 11.0 Å². The molecule has 0 aliphatic rings. The average Bonchev–Trinajstić information content (AvgIpc) is 2.15. The zero-order valence-corrected chi connectivity index (χ0v) is 8.88. The maximum atomic E-state index is 13.3. The molecule has 0 fully saturated rings. The predicted octanol–water partition coefficient (Wildman–Crippen LogP) is 3.42. The van der Waals surface area contributed by atoms with Crippen molar-refractivity contribution in [2.45, 2.75) is 25.4 Å². The number of hydrogen-bond donors (Lipinski definition) is 1. The Morgan fingerprint density at radius 3 is 2.47 bits per heavy atom. The summed E-state index contributed by atoms with van der Waals surface area (Å²) in [5, 5.41) is 8.52. The van der Waals surface area contributed by atoms with Crippen LogP contribution in [0.15, 0.2) is 18.2 Å². The molecule has 0 heterocycles. The molecule has 0 spiro atoms. The lowest BCUT2D eigenvalue weighted by atomic mass is 9.95. The maximum Gasteiger partial charge on any atom is 0.416 e. The second-order valence-electron chi connectivity index (χ2n) is 3.73. The molecule has 1 N–H and O–H groups in total. The molecule has 0 amide bonds. The minimum absolute atomic E-state index is 0.234. The van der Waals surface area contributed by atoms with Gasteiger partial charge >= 0.3 is 12.1 Å². The van der Waals surface area contributed by atoms with Gasteiger partial charge in [-0.15, -0.1) is 0 Å². The molecule has 0 radical (unpaired) electrons. The summed E-state index contributed by atoms with van der Waals surface area (Å²) in [6.45, 7) is 1.37. The Bertz CT molecular complexity index is 426. The standard InChI is InChI=1S/C11H10F4O2/c1-6(4-10(16)17)8-5-7(11(13,14)15)2-3-9(8)12/h2-3,5-6H,4H2,1H3,(H,16,17)/t6-/m1/s1. The highest BCUT2D eigenvalue weighted by Gasteiger charge is 2.31. The number of rotatable bonds is 3. The van der Waals surface area contributed by atoms with Gasteiger partial charge in [0.2, 0.25) is 0 Å². The third kappa shape index (κ3) is 3.44. The monoisotopic (exact) mass is 250 g/mol. The van der Waals surface area contributed by atoms with E-state index in [4.69, 9.17) is 5.11 Å². The molecule has 0 unspecified atom stereocenters. The fourth-order valence-corrected chi connectivity index (χ4v) is 1.47. The number of carboxylic acid groups (broad SMARTS) is 1. The summed E-state index contributed by atoms with van der Waals surface area (Å²) >= 11 is 0. The SMILES string of the molecule is C[C@H](CC(=O)O)c1cc(C(F)(F)F)ccc1F. The lowest BCUT2D eigenvalue weighted by Crippen LogP contribution is -2.09. The van der Waals surface area contributed by atoms with Gasteiger partial charge in [-0.2, -0.15) is 13.2 Å². The number of carboxylic acids is 1. The number of hydrogen-bond acceptors (Lipinski definition) is 1. The van der Waals surface area contributed by atoms with Crippen molar-refractivity contribution in [1.29, 1.82) is 0 Å². The van der Waals surface area contributed by atoms with E-state index in [0.717, 1.165) is 0 Å². The summed E-state index contributed by atoms with van der Waals surface area (Å²) in [7, 11) is 0. The van der Waals surface area contributed by atoms with Gasteiger partial charge in [-0.3, -0.25) is 4.79 Å². The molecular formula is C11H10F4O2. The highest BCUT2D eigenvalue weighted by Crippen LogP contribution is 2.32. The molecule has 0 bridgehead atoms. The molecule has 17 heavy (non-hydrogen) atoms. The number of halogens is 4. The molecule has 94 valence electrons. The van der Waals surface area contributed by atoms with Gasteiger partial charge in [0.15, 0.2) is 0 Å². The quantitative estimate of drug-likeness (QED) is 0.834. The third-order valence-electron chi connectivity index (χ3n) is 2.34. The van der Waals surface area contributed by atoms with Crippen LogP contribution in [0.2, 0.25) is 0 Å². The van der Waals surface area contributed by atoms with E-state index in [0.29, 0.717) is 18.2 Å². The summed E-state index contributed by atoms with van der Waals surface area (Å²) < 4.78 is 50.5. The first kappa shape index (κ1) is 13.5. The van der Waals surface area contributed by atoms with Crippen molar-refractivity contribution in [2.75, 3.05) is 0 Å². The number of aliphatic carboxylic acids is 1. The van der Waals surface area contributed by atoms with E-state index >= 15 is 0 Å². The van der Waals surface area contributed by atoms with E-state index in [1.165, 1.54) is 6.92 Å². The van der Waals surface area contributed by atoms with Crippen LogP contribution in [0, 0.1) is 5.82 Å². The van der Waals surface area contributed by atoms with Gasteiger partial charge in [0.05, 0.1) is 12.0 Å². The Morgan fingerprint density at radius 1 is 1.41 bits per heavy atom. The normalized spacial score (nSPS) is 13.5. The van der Waals surface area contributed by atoms with E-state index in [-0.39, 0.29) is 5.56 Å². The van der Waals surface area contributed by atoms with Gasteiger partial charge in [-0.1, -0.05) is 6.92 Å². The minimum Gasteiger partial charge on any atom is -0.481 e. The summed E-state index contributed by atoms with van der Waals surface area (Å²) in [6, 6.07) is 1.99. The van der Waals surface area contributed by atoms with Crippen molar-refractivity contribution in [2.24, 2.45) is 0 Å². The summed E-state index contributed by atoms with van der Waals surface area (Å²) in [5.74, 6) is -2.82. The zero-order valence-electron chi connectivity index (χ0n) is 8.88. The van der Waals surface area contributed by atoms with Crippen LogP contribution in [0.5, 0.6) is 0 Å².